The fraction of sp³-hybridized carbons (Fsp3) is 0.300. The summed E-state index contributed by atoms with van der Waals surface area (Å²) >= 11 is 1.32. The van der Waals surface area contributed by atoms with Crippen molar-refractivity contribution in [1.82, 2.24) is 15.3 Å². The number of nitrogens with one attached hydrogen (secondary N) is 1. The maximum Gasteiger partial charge on any atom is 0.231 e. The highest BCUT2D eigenvalue weighted by molar-refractivity contribution is 8.00. The van der Waals surface area contributed by atoms with Crippen molar-refractivity contribution in [2.75, 3.05) is 5.75 Å². The number of fused-ring (bicyclic) bond motifs is 1. The highest BCUT2D eigenvalue weighted by Crippen LogP contribution is 2.28. The number of benzene rings is 1. The minimum absolute atomic E-state index is 0.00175. The highest BCUT2D eigenvalue weighted by atomic mass is 32.2. The van der Waals surface area contributed by atoms with Gasteiger partial charge in [0.1, 0.15) is 10.6 Å². The van der Waals surface area contributed by atoms with E-state index in [0.717, 1.165) is 10.9 Å². The lowest BCUT2D eigenvalue weighted by Crippen LogP contribution is -2.49. The van der Waals surface area contributed by atoms with E-state index in [1.807, 2.05) is 38.1 Å². The van der Waals surface area contributed by atoms with Gasteiger partial charge in [-0.25, -0.2) is 9.97 Å². The summed E-state index contributed by atoms with van der Waals surface area (Å²) in [6.07, 6.45) is 1.57. The third kappa shape index (κ3) is 4.12. The first-order valence-electron chi connectivity index (χ1n) is 8.58. The van der Waals surface area contributed by atoms with Gasteiger partial charge in [0, 0.05) is 5.39 Å². The standard InChI is InChI=1S/C20H20N4O2S/c1-13(2)20(3,12-21)24-17(25)11-27-19-14-7-4-5-8-15(14)22-18(23-19)16-9-6-10-26-16/h4-10,13H,11H2,1-3H3,(H,24,25)/t20-/m0/s1. The number of carbonyl (C=O) groups excluding carboxylic acids is 1. The van der Waals surface area contributed by atoms with Crippen molar-refractivity contribution in [2.24, 2.45) is 5.92 Å². The van der Waals surface area contributed by atoms with Crippen molar-refractivity contribution in [2.45, 2.75) is 31.3 Å². The molecule has 0 saturated carbocycles. The molecule has 0 fully saturated rings. The number of aromatic nitrogens is 2. The Balaban J connectivity index is 1.84. The summed E-state index contributed by atoms with van der Waals surface area (Å²) in [6.45, 7) is 5.55. The summed E-state index contributed by atoms with van der Waals surface area (Å²) in [7, 11) is 0. The first-order chi connectivity index (χ1) is 12.9. The number of carbonyl (C=O) groups is 1. The molecule has 0 aliphatic heterocycles. The molecule has 0 aliphatic carbocycles. The lowest BCUT2D eigenvalue weighted by Gasteiger charge is -2.27. The lowest BCUT2D eigenvalue weighted by molar-refractivity contribution is -0.120. The zero-order valence-electron chi connectivity index (χ0n) is 15.4. The van der Waals surface area contributed by atoms with E-state index in [1.54, 1.807) is 25.3 Å². The zero-order valence-corrected chi connectivity index (χ0v) is 16.2. The molecule has 3 aromatic rings. The van der Waals surface area contributed by atoms with E-state index in [0.29, 0.717) is 16.6 Å². The van der Waals surface area contributed by atoms with Crippen molar-refractivity contribution in [1.29, 1.82) is 5.26 Å². The Kier molecular flexibility index (Phi) is 5.47. The average Bonchev–Trinajstić information content (AvgIpc) is 3.20. The second-order valence-corrected chi connectivity index (χ2v) is 7.62. The molecule has 0 aliphatic rings. The van der Waals surface area contributed by atoms with Gasteiger partial charge in [-0.15, -0.1) is 0 Å². The molecule has 27 heavy (non-hydrogen) atoms. The third-order valence-electron chi connectivity index (χ3n) is 4.44. The number of nitrogens with zero attached hydrogens (tertiary/aromatic N) is 3. The Hall–Kier alpha value is -2.85. The van der Waals surface area contributed by atoms with E-state index in [4.69, 9.17) is 4.42 Å². The van der Waals surface area contributed by atoms with E-state index in [-0.39, 0.29) is 17.6 Å². The first kappa shape index (κ1) is 18.9. The number of furan rings is 1. The third-order valence-corrected chi connectivity index (χ3v) is 5.43. The summed E-state index contributed by atoms with van der Waals surface area (Å²) in [5.41, 5.74) is -0.115. The number of nitriles is 1. The van der Waals surface area contributed by atoms with Crippen LogP contribution in [0, 0.1) is 17.2 Å². The molecule has 6 nitrogen and oxygen atoms in total. The topological polar surface area (TPSA) is 91.8 Å². The van der Waals surface area contributed by atoms with Crippen LogP contribution in [0.4, 0.5) is 0 Å². The van der Waals surface area contributed by atoms with E-state index in [2.05, 4.69) is 21.4 Å². The van der Waals surface area contributed by atoms with Gasteiger partial charge in [-0.1, -0.05) is 43.8 Å². The molecule has 3 rings (SSSR count). The van der Waals surface area contributed by atoms with Crippen LogP contribution in [-0.2, 0) is 4.79 Å². The Morgan fingerprint density at radius 2 is 2.07 bits per heavy atom. The van der Waals surface area contributed by atoms with Crippen LogP contribution in [-0.4, -0.2) is 27.2 Å². The second-order valence-electron chi connectivity index (χ2n) is 6.65. The largest absolute Gasteiger partial charge is 0.461 e. The van der Waals surface area contributed by atoms with Crippen molar-refractivity contribution in [3.05, 3.63) is 42.7 Å². The molecule has 1 amide bonds. The minimum Gasteiger partial charge on any atom is -0.461 e. The Bertz CT molecular complexity index is 995. The summed E-state index contributed by atoms with van der Waals surface area (Å²) in [5.74, 6) is 0.999. The fourth-order valence-electron chi connectivity index (χ4n) is 2.43. The Morgan fingerprint density at radius 3 is 2.74 bits per heavy atom. The smallest absolute Gasteiger partial charge is 0.231 e. The fourth-order valence-corrected chi connectivity index (χ4v) is 3.25. The molecule has 0 bridgehead atoms. The van der Waals surface area contributed by atoms with Gasteiger partial charge >= 0.3 is 0 Å². The van der Waals surface area contributed by atoms with E-state index in [9.17, 15) is 10.1 Å². The SMILES string of the molecule is CC(C)[C@](C)(C#N)NC(=O)CSc1nc(-c2ccco2)nc2ccccc12. The molecule has 0 radical (unpaired) electrons. The Labute approximate surface area is 162 Å². The predicted octanol–water partition coefficient (Wildman–Crippen LogP) is 4.04. The average molecular weight is 380 g/mol. The van der Waals surface area contributed by atoms with Crippen LogP contribution in [0.5, 0.6) is 0 Å². The number of amides is 1. The van der Waals surface area contributed by atoms with Crippen LogP contribution < -0.4 is 5.32 Å². The van der Waals surface area contributed by atoms with Crippen LogP contribution in [0.3, 0.4) is 0 Å². The van der Waals surface area contributed by atoms with E-state index >= 15 is 0 Å². The van der Waals surface area contributed by atoms with Crippen LogP contribution in [0.25, 0.3) is 22.5 Å². The van der Waals surface area contributed by atoms with E-state index in [1.165, 1.54) is 11.8 Å². The van der Waals surface area contributed by atoms with Crippen molar-refractivity contribution < 1.29 is 9.21 Å². The van der Waals surface area contributed by atoms with Crippen molar-refractivity contribution in [3.63, 3.8) is 0 Å². The zero-order chi connectivity index (χ0) is 19.4. The minimum atomic E-state index is -0.898. The normalized spacial score (nSPS) is 13.3. The van der Waals surface area contributed by atoms with Gasteiger partial charge in [0.25, 0.3) is 0 Å². The summed E-state index contributed by atoms with van der Waals surface area (Å²) < 4.78 is 5.41. The van der Waals surface area contributed by atoms with Crippen LogP contribution in [0.15, 0.2) is 52.1 Å². The summed E-state index contributed by atoms with van der Waals surface area (Å²) in [4.78, 5) is 21.5. The summed E-state index contributed by atoms with van der Waals surface area (Å²) in [5, 5.41) is 13.8. The van der Waals surface area contributed by atoms with Gasteiger partial charge in [-0.2, -0.15) is 5.26 Å². The van der Waals surface area contributed by atoms with Gasteiger partial charge in [-0.05, 0) is 31.0 Å². The molecule has 1 aromatic carbocycles. The van der Waals surface area contributed by atoms with Crippen molar-refractivity contribution >= 4 is 28.6 Å². The van der Waals surface area contributed by atoms with Gasteiger partial charge in [0.2, 0.25) is 5.91 Å². The molecule has 7 heteroatoms. The lowest BCUT2D eigenvalue weighted by atomic mass is 9.90. The molecule has 2 aromatic heterocycles. The second kappa shape index (κ2) is 7.80. The molecular formula is C20H20N4O2S. The number of rotatable bonds is 6. The molecule has 1 N–H and O–H groups in total. The molecular weight excluding hydrogens is 360 g/mol. The maximum absolute atomic E-state index is 12.4. The Morgan fingerprint density at radius 1 is 1.30 bits per heavy atom. The molecule has 1 atom stereocenters. The highest BCUT2D eigenvalue weighted by Gasteiger charge is 2.30. The van der Waals surface area contributed by atoms with Crippen molar-refractivity contribution in [3.8, 4) is 17.7 Å². The van der Waals surface area contributed by atoms with Gasteiger partial charge in [0.05, 0.1) is 23.6 Å². The van der Waals surface area contributed by atoms with Crippen LogP contribution >= 0.6 is 11.8 Å². The number of thioether (sulfide) groups is 1. The van der Waals surface area contributed by atoms with E-state index < -0.39 is 5.54 Å². The molecule has 0 saturated heterocycles. The maximum atomic E-state index is 12.4. The number of hydrogen-bond donors (Lipinski definition) is 1. The number of hydrogen-bond acceptors (Lipinski definition) is 6. The molecule has 0 spiro atoms. The molecule has 138 valence electrons. The quantitative estimate of drug-likeness (QED) is 0.513. The number of para-hydroxylation sites is 1. The van der Waals surface area contributed by atoms with Gasteiger partial charge in [0.15, 0.2) is 11.6 Å². The van der Waals surface area contributed by atoms with Crippen LogP contribution in [0.2, 0.25) is 0 Å². The summed E-state index contributed by atoms with van der Waals surface area (Å²) in [6, 6.07) is 13.4. The molecule has 2 heterocycles. The monoisotopic (exact) mass is 380 g/mol. The first-order valence-corrected chi connectivity index (χ1v) is 9.57. The van der Waals surface area contributed by atoms with Gasteiger partial charge in [-0.3, -0.25) is 4.79 Å². The predicted molar refractivity (Wildman–Crippen MR) is 105 cm³/mol. The van der Waals surface area contributed by atoms with Gasteiger partial charge < -0.3 is 9.73 Å². The van der Waals surface area contributed by atoms with Crippen LogP contribution in [0.1, 0.15) is 20.8 Å². The molecule has 0 unspecified atom stereocenters.